The van der Waals surface area contributed by atoms with Gasteiger partial charge in [0, 0.05) is 31.7 Å². The molecule has 0 amide bonds. The number of ether oxygens (including phenoxy) is 1. The second-order valence-corrected chi connectivity index (χ2v) is 11.3. The van der Waals surface area contributed by atoms with Crippen LogP contribution in [0.2, 0.25) is 0 Å². The molecule has 2 aliphatic rings. The number of nitrogens with zero attached hydrogens (tertiary/aromatic N) is 3. The van der Waals surface area contributed by atoms with Crippen molar-refractivity contribution in [3.8, 4) is 11.4 Å². The van der Waals surface area contributed by atoms with Crippen LogP contribution < -0.4 is 5.56 Å². The van der Waals surface area contributed by atoms with Crippen molar-refractivity contribution in [3.63, 3.8) is 0 Å². The maximum absolute atomic E-state index is 13.3. The largest absolute Gasteiger partial charge is 0.368 e. The number of hydrogen-bond donors (Lipinski definition) is 1. The molecule has 1 aromatic heterocycles. The van der Waals surface area contributed by atoms with E-state index in [9.17, 15) is 13.2 Å². The number of halogens is 1. The zero-order chi connectivity index (χ0) is 22.3. The highest BCUT2D eigenvalue weighted by Gasteiger charge is 2.32. The van der Waals surface area contributed by atoms with E-state index in [1.54, 1.807) is 18.2 Å². The van der Waals surface area contributed by atoms with Gasteiger partial charge in [0.25, 0.3) is 5.56 Å². The van der Waals surface area contributed by atoms with Crippen LogP contribution in [0, 0.1) is 5.92 Å². The van der Waals surface area contributed by atoms with E-state index in [2.05, 4.69) is 44.6 Å². The number of benzene rings is 1. The highest BCUT2D eigenvalue weighted by molar-refractivity contribution is 9.10. The molecule has 0 bridgehead atoms. The lowest BCUT2D eigenvalue weighted by Crippen LogP contribution is -2.47. The van der Waals surface area contributed by atoms with Crippen LogP contribution in [-0.4, -0.2) is 67.4 Å². The number of piperazine rings is 1. The van der Waals surface area contributed by atoms with Crippen LogP contribution in [0.3, 0.4) is 0 Å². The number of nitrogens with one attached hydrogen (secondary N) is 1. The predicted molar refractivity (Wildman–Crippen MR) is 121 cm³/mol. The molecule has 31 heavy (non-hydrogen) atoms. The van der Waals surface area contributed by atoms with E-state index in [-0.39, 0.29) is 16.6 Å². The van der Waals surface area contributed by atoms with Crippen molar-refractivity contribution in [2.24, 2.45) is 5.92 Å². The highest BCUT2D eigenvalue weighted by Crippen LogP contribution is 2.38. The maximum Gasteiger partial charge on any atom is 0.265 e. The van der Waals surface area contributed by atoms with Gasteiger partial charge in [-0.1, -0.05) is 19.9 Å². The zero-order valence-electron chi connectivity index (χ0n) is 17.9. The summed E-state index contributed by atoms with van der Waals surface area (Å²) in [7, 11) is -1.67. The Kier molecular flexibility index (Phi) is 6.37. The second kappa shape index (κ2) is 8.74. The number of likely N-dealkylation sites (N-methyl/N-ethyl adjacent to an activating group) is 1. The summed E-state index contributed by atoms with van der Waals surface area (Å²) in [6.45, 7) is 6.97. The highest BCUT2D eigenvalue weighted by atomic mass is 79.9. The molecule has 1 aromatic carbocycles. The molecule has 2 fully saturated rings. The fourth-order valence-corrected chi connectivity index (χ4v) is 5.54. The smallest absolute Gasteiger partial charge is 0.265 e. The number of sulfonamides is 1. The molecule has 0 saturated carbocycles. The molecule has 2 aromatic rings. The average Bonchev–Trinajstić information content (AvgIpc) is 3.56. The number of aromatic amines is 1. The topological polar surface area (TPSA) is 98.9 Å². The minimum absolute atomic E-state index is 0.113. The minimum atomic E-state index is -3.65. The van der Waals surface area contributed by atoms with E-state index in [0.717, 1.165) is 5.56 Å². The molecule has 4 rings (SSSR count). The zero-order valence-corrected chi connectivity index (χ0v) is 20.3. The summed E-state index contributed by atoms with van der Waals surface area (Å²) in [4.78, 5) is 22.4. The first kappa shape index (κ1) is 22.6. The Hall–Kier alpha value is -1.59. The molecule has 0 spiro atoms. The van der Waals surface area contributed by atoms with Crippen molar-refractivity contribution in [2.45, 2.75) is 31.3 Å². The van der Waals surface area contributed by atoms with Crippen LogP contribution >= 0.6 is 15.9 Å². The Labute approximate surface area is 190 Å². The lowest BCUT2D eigenvalue weighted by molar-refractivity contribution is 0.222. The Bertz CT molecular complexity index is 1140. The first-order valence-electron chi connectivity index (χ1n) is 10.4. The summed E-state index contributed by atoms with van der Waals surface area (Å²) in [5.41, 5.74) is 1.80. The Morgan fingerprint density at radius 1 is 1.26 bits per heavy atom. The van der Waals surface area contributed by atoms with Crippen molar-refractivity contribution in [2.75, 3.05) is 39.8 Å². The molecule has 2 saturated heterocycles. The molecule has 2 aliphatic heterocycles. The van der Waals surface area contributed by atoms with Gasteiger partial charge >= 0.3 is 0 Å². The Morgan fingerprint density at radius 3 is 2.55 bits per heavy atom. The Balaban J connectivity index is 1.79. The summed E-state index contributed by atoms with van der Waals surface area (Å²) in [5.74, 6) is 0.679. The Morgan fingerprint density at radius 2 is 1.94 bits per heavy atom. The van der Waals surface area contributed by atoms with E-state index in [1.165, 1.54) is 4.31 Å². The van der Waals surface area contributed by atoms with Crippen LogP contribution in [0.5, 0.6) is 0 Å². The van der Waals surface area contributed by atoms with Gasteiger partial charge < -0.3 is 14.6 Å². The number of hydrogen-bond acceptors (Lipinski definition) is 6. The van der Waals surface area contributed by atoms with Gasteiger partial charge in [0.1, 0.15) is 16.4 Å². The molecule has 8 nitrogen and oxygen atoms in total. The second-order valence-electron chi connectivity index (χ2n) is 8.55. The number of epoxide rings is 1. The molecule has 1 unspecified atom stereocenters. The number of H-pyrrole nitrogens is 1. The van der Waals surface area contributed by atoms with Crippen LogP contribution in [0.25, 0.3) is 11.4 Å². The fourth-order valence-electron chi connectivity index (χ4n) is 3.74. The normalized spacial score (nSPS) is 20.4. The van der Waals surface area contributed by atoms with E-state index in [0.29, 0.717) is 66.7 Å². The molecule has 0 radical (unpaired) electrons. The van der Waals surface area contributed by atoms with Gasteiger partial charge in [-0.3, -0.25) is 4.79 Å². The van der Waals surface area contributed by atoms with Gasteiger partial charge in [0.2, 0.25) is 10.0 Å². The summed E-state index contributed by atoms with van der Waals surface area (Å²) in [5, 5.41) is 0. The average molecular weight is 511 g/mol. The molecule has 10 heteroatoms. The van der Waals surface area contributed by atoms with Gasteiger partial charge in [-0.25, -0.2) is 13.4 Å². The first-order chi connectivity index (χ1) is 14.7. The van der Waals surface area contributed by atoms with Crippen molar-refractivity contribution >= 4 is 26.0 Å². The van der Waals surface area contributed by atoms with Crippen molar-refractivity contribution in [1.82, 2.24) is 19.2 Å². The third-order valence-corrected chi connectivity index (χ3v) is 8.31. The predicted octanol–water partition coefficient (Wildman–Crippen LogP) is 2.41. The number of aromatic nitrogens is 2. The molecular formula is C21H27BrN4O4S. The van der Waals surface area contributed by atoms with Gasteiger partial charge in [-0.2, -0.15) is 4.31 Å². The lowest BCUT2D eigenvalue weighted by Gasteiger charge is -2.31. The maximum atomic E-state index is 13.3. The molecule has 0 aliphatic carbocycles. The van der Waals surface area contributed by atoms with E-state index in [4.69, 9.17) is 4.74 Å². The SMILES string of the molecule is CC(C)Cc1nc(-c2cc(S(=O)(=O)N3CCN(C)CC3)ccc2C2CO2)[nH]c(=O)c1Br. The molecule has 168 valence electrons. The first-order valence-corrected chi connectivity index (χ1v) is 12.6. The van der Waals surface area contributed by atoms with E-state index < -0.39 is 10.0 Å². The minimum Gasteiger partial charge on any atom is -0.368 e. The molecule has 1 atom stereocenters. The van der Waals surface area contributed by atoms with Gasteiger partial charge in [0.15, 0.2) is 0 Å². The summed E-state index contributed by atoms with van der Waals surface area (Å²) < 4.78 is 34.0. The van der Waals surface area contributed by atoms with Gasteiger partial charge in [-0.05, 0) is 53.0 Å². The van der Waals surface area contributed by atoms with Gasteiger partial charge in [0.05, 0.1) is 17.2 Å². The standard InChI is InChI=1S/C21H27BrN4O4S/c1-13(2)10-17-19(22)21(27)24-20(23-17)16-11-14(4-5-15(16)18-12-30-18)31(28,29)26-8-6-25(3)7-9-26/h4-5,11,13,18H,6-10,12H2,1-3H3,(H,23,24,27). The van der Waals surface area contributed by atoms with Crippen molar-refractivity contribution in [3.05, 3.63) is 44.3 Å². The quantitative estimate of drug-likeness (QED) is 0.599. The third-order valence-electron chi connectivity index (χ3n) is 5.59. The summed E-state index contributed by atoms with van der Waals surface area (Å²) in [6.07, 6.45) is 0.518. The van der Waals surface area contributed by atoms with Crippen LogP contribution in [0.1, 0.15) is 31.2 Å². The van der Waals surface area contributed by atoms with E-state index >= 15 is 0 Å². The third kappa shape index (κ3) is 4.78. The monoisotopic (exact) mass is 510 g/mol. The van der Waals surface area contributed by atoms with Crippen LogP contribution in [-0.2, 0) is 21.2 Å². The van der Waals surface area contributed by atoms with E-state index in [1.807, 2.05) is 7.05 Å². The van der Waals surface area contributed by atoms with Crippen molar-refractivity contribution < 1.29 is 13.2 Å². The van der Waals surface area contributed by atoms with Crippen LogP contribution in [0.4, 0.5) is 0 Å². The van der Waals surface area contributed by atoms with Gasteiger partial charge in [-0.15, -0.1) is 0 Å². The van der Waals surface area contributed by atoms with Crippen molar-refractivity contribution in [1.29, 1.82) is 0 Å². The molecular weight excluding hydrogens is 484 g/mol. The van der Waals surface area contributed by atoms with Crippen LogP contribution in [0.15, 0.2) is 32.4 Å². The molecule has 3 heterocycles. The summed E-state index contributed by atoms with van der Waals surface area (Å²) in [6, 6.07) is 5.02. The number of rotatable bonds is 6. The lowest BCUT2D eigenvalue weighted by atomic mass is 10.0. The fraction of sp³-hybridized carbons (Fsp3) is 0.524. The summed E-state index contributed by atoms with van der Waals surface area (Å²) >= 11 is 3.34. The molecule has 1 N–H and O–H groups in total.